The van der Waals surface area contributed by atoms with Gasteiger partial charge in [-0.05, 0) is 55.5 Å². The topological polar surface area (TPSA) is 20.2 Å². The van der Waals surface area contributed by atoms with Crippen molar-refractivity contribution in [1.29, 1.82) is 0 Å². The molecule has 0 aliphatic rings. The number of rotatable bonds is 3. The maximum absolute atomic E-state index is 10.0. The SMILES string of the molecule is Cc1ccc(O)c(Pc2c(C)cccc2P(C)C)c1. The van der Waals surface area contributed by atoms with Crippen LogP contribution in [0, 0.1) is 13.8 Å². The zero-order valence-corrected chi connectivity index (χ0v) is 13.8. The molecule has 19 heavy (non-hydrogen) atoms. The van der Waals surface area contributed by atoms with Crippen molar-refractivity contribution in [2.75, 3.05) is 13.3 Å². The van der Waals surface area contributed by atoms with Gasteiger partial charge in [0.1, 0.15) is 5.75 Å². The van der Waals surface area contributed by atoms with E-state index >= 15 is 0 Å². The molecule has 0 amide bonds. The summed E-state index contributed by atoms with van der Waals surface area (Å²) in [4.78, 5) is 0. The fraction of sp³-hybridized carbons (Fsp3) is 0.250. The zero-order chi connectivity index (χ0) is 14.0. The molecule has 0 bridgehead atoms. The molecule has 0 spiro atoms. The number of phenolic OH excluding ortho intramolecular Hbond substituents is 1. The summed E-state index contributed by atoms with van der Waals surface area (Å²) in [6.45, 7) is 8.80. The molecule has 1 atom stereocenters. The molecule has 0 saturated carbocycles. The molecule has 100 valence electrons. The van der Waals surface area contributed by atoms with Crippen molar-refractivity contribution in [1.82, 2.24) is 0 Å². The van der Waals surface area contributed by atoms with Crippen molar-refractivity contribution in [3.05, 3.63) is 47.5 Å². The van der Waals surface area contributed by atoms with Gasteiger partial charge in [0.25, 0.3) is 0 Å². The fourth-order valence-corrected chi connectivity index (χ4v) is 5.19. The number of hydrogen-bond donors (Lipinski definition) is 1. The smallest absolute Gasteiger partial charge is 0.123 e. The van der Waals surface area contributed by atoms with Gasteiger partial charge < -0.3 is 5.11 Å². The van der Waals surface area contributed by atoms with Gasteiger partial charge in [-0.1, -0.05) is 46.3 Å². The molecule has 3 heteroatoms. The summed E-state index contributed by atoms with van der Waals surface area (Å²) in [5.74, 6) is 0.412. The summed E-state index contributed by atoms with van der Waals surface area (Å²) < 4.78 is 0. The lowest BCUT2D eigenvalue weighted by atomic mass is 10.2. The molecule has 0 aromatic heterocycles. The minimum absolute atomic E-state index is 0.121. The van der Waals surface area contributed by atoms with E-state index in [0.29, 0.717) is 14.3 Å². The van der Waals surface area contributed by atoms with Crippen molar-refractivity contribution < 1.29 is 5.11 Å². The Balaban J connectivity index is 2.46. The van der Waals surface area contributed by atoms with Crippen LogP contribution in [0.2, 0.25) is 0 Å². The van der Waals surface area contributed by atoms with Crippen LogP contribution >= 0.6 is 16.5 Å². The van der Waals surface area contributed by atoms with Crippen molar-refractivity contribution >= 4 is 32.4 Å². The molecule has 1 nitrogen and oxygen atoms in total. The quantitative estimate of drug-likeness (QED) is 0.862. The van der Waals surface area contributed by atoms with Gasteiger partial charge in [0.15, 0.2) is 0 Å². The monoisotopic (exact) mass is 290 g/mol. The first-order chi connectivity index (χ1) is 8.99. The molecular formula is C16H20OP2. The van der Waals surface area contributed by atoms with Gasteiger partial charge in [-0.25, -0.2) is 0 Å². The molecule has 0 radical (unpaired) electrons. The number of aryl methyl sites for hydroxylation is 2. The van der Waals surface area contributed by atoms with E-state index in [1.807, 2.05) is 6.07 Å². The Bertz CT molecular complexity index is 591. The summed E-state index contributed by atoms with van der Waals surface area (Å²) >= 11 is 0. The predicted octanol–water partition coefficient (Wildman–Crippen LogP) is 3.01. The first kappa shape index (κ1) is 14.5. The van der Waals surface area contributed by atoms with Gasteiger partial charge >= 0.3 is 0 Å². The minimum Gasteiger partial charge on any atom is -0.507 e. The van der Waals surface area contributed by atoms with Gasteiger partial charge in [0.2, 0.25) is 0 Å². The lowest BCUT2D eigenvalue weighted by Gasteiger charge is -2.16. The third-order valence-corrected chi connectivity index (χ3v) is 6.27. The average molecular weight is 290 g/mol. The number of aromatic hydroxyl groups is 1. The van der Waals surface area contributed by atoms with Crippen LogP contribution in [0.15, 0.2) is 36.4 Å². The van der Waals surface area contributed by atoms with E-state index in [2.05, 4.69) is 51.4 Å². The largest absolute Gasteiger partial charge is 0.507 e. The predicted molar refractivity (Wildman–Crippen MR) is 90.0 cm³/mol. The number of benzene rings is 2. The van der Waals surface area contributed by atoms with E-state index in [1.165, 1.54) is 21.7 Å². The second kappa shape index (κ2) is 6.04. The van der Waals surface area contributed by atoms with Crippen LogP contribution in [0.4, 0.5) is 0 Å². The van der Waals surface area contributed by atoms with Crippen LogP contribution in [0.25, 0.3) is 0 Å². The molecule has 0 aliphatic heterocycles. The lowest BCUT2D eigenvalue weighted by molar-refractivity contribution is 0.479. The Kier molecular flexibility index (Phi) is 4.61. The standard InChI is InChI=1S/C16H20OP2/c1-11-8-9-13(17)14(10-11)18-16-12(2)6-5-7-15(16)19(3)4/h5-10,17-18H,1-4H3. The third-order valence-electron chi connectivity index (χ3n) is 3.14. The Morgan fingerprint density at radius 3 is 2.47 bits per heavy atom. The van der Waals surface area contributed by atoms with Gasteiger partial charge in [0, 0.05) is 5.30 Å². The molecule has 2 aromatic rings. The first-order valence-electron chi connectivity index (χ1n) is 6.32. The van der Waals surface area contributed by atoms with Gasteiger partial charge in [-0.3, -0.25) is 0 Å². The van der Waals surface area contributed by atoms with E-state index in [0.717, 1.165) is 5.30 Å². The van der Waals surface area contributed by atoms with E-state index < -0.39 is 0 Å². The Morgan fingerprint density at radius 2 is 1.79 bits per heavy atom. The third kappa shape index (κ3) is 3.35. The van der Waals surface area contributed by atoms with Gasteiger partial charge in [0.05, 0.1) is 0 Å². The highest BCUT2D eigenvalue weighted by atomic mass is 31.1. The normalized spacial score (nSPS) is 11.6. The molecule has 1 N–H and O–H groups in total. The van der Waals surface area contributed by atoms with Crippen LogP contribution < -0.4 is 15.9 Å². The minimum atomic E-state index is -0.121. The van der Waals surface area contributed by atoms with Crippen molar-refractivity contribution in [3.63, 3.8) is 0 Å². The van der Waals surface area contributed by atoms with E-state index in [9.17, 15) is 5.11 Å². The van der Waals surface area contributed by atoms with E-state index in [4.69, 9.17) is 0 Å². The molecule has 2 aromatic carbocycles. The summed E-state index contributed by atoms with van der Waals surface area (Å²) in [5, 5.41) is 13.9. The van der Waals surface area contributed by atoms with Gasteiger partial charge in [-0.15, -0.1) is 0 Å². The maximum atomic E-state index is 10.0. The average Bonchev–Trinajstić information content (AvgIpc) is 2.35. The van der Waals surface area contributed by atoms with Crippen LogP contribution in [-0.4, -0.2) is 18.4 Å². The number of hydrogen-bond acceptors (Lipinski definition) is 1. The summed E-state index contributed by atoms with van der Waals surface area (Å²) in [6.07, 6.45) is 0. The Hall–Kier alpha value is -0.900. The van der Waals surface area contributed by atoms with Gasteiger partial charge in [-0.2, -0.15) is 0 Å². The second-order valence-electron chi connectivity index (χ2n) is 5.01. The summed E-state index contributed by atoms with van der Waals surface area (Å²) in [5.41, 5.74) is 2.53. The van der Waals surface area contributed by atoms with Crippen molar-refractivity contribution in [3.8, 4) is 5.75 Å². The molecule has 2 rings (SSSR count). The maximum Gasteiger partial charge on any atom is 0.123 e. The molecule has 0 heterocycles. The van der Waals surface area contributed by atoms with Crippen molar-refractivity contribution in [2.45, 2.75) is 13.8 Å². The van der Waals surface area contributed by atoms with E-state index in [-0.39, 0.29) is 7.92 Å². The highest BCUT2D eigenvalue weighted by Crippen LogP contribution is 2.28. The number of phenols is 1. The lowest BCUT2D eigenvalue weighted by Crippen LogP contribution is -2.23. The zero-order valence-electron chi connectivity index (χ0n) is 11.9. The fourth-order valence-electron chi connectivity index (χ4n) is 2.07. The van der Waals surface area contributed by atoms with Crippen LogP contribution in [0.3, 0.4) is 0 Å². The molecule has 0 saturated heterocycles. The summed E-state index contributed by atoms with van der Waals surface area (Å²) in [7, 11) is 0.408. The highest BCUT2D eigenvalue weighted by molar-refractivity contribution is 7.67. The summed E-state index contributed by atoms with van der Waals surface area (Å²) in [6, 6.07) is 12.4. The second-order valence-corrected chi connectivity index (χ2v) is 8.57. The van der Waals surface area contributed by atoms with Crippen molar-refractivity contribution in [2.24, 2.45) is 0 Å². The molecule has 0 fully saturated rings. The molecular weight excluding hydrogens is 270 g/mol. The molecule has 0 aliphatic carbocycles. The Morgan fingerprint density at radius 1 is 1.05 bits per heavy atom. The Labute approximate surface area is 118 Å². The van der Waals surface area contributed by atoms with Crippen LogP contribution in [0.5, 0.6) is 5.75 Å². The van der Waals surface area contributed by atoms with Crippen LogP contribution in [0.1, 0.15) is 11.1 Å². The highest BCUT2D eigenvalue weighted by Gasteiger charge is 2.11. The van der Waals surface area contributed by atoms with E-state index in [1.54, 1.807) is 6.07 Å². The van der Waals surface area contributed by atoms with Crippen LogP contribution in [-0.2, 0) is 0 Å². The first-order valence-corrected chi connectivity index (χ1v) is 9.56. The molecule has 1 unspecified atom stereocenters.